The highest BCUT2D eigenvalue weighted by atomic mass is 32.2. The van der Waals surface area contributed by atoms with Crippen LogP contribution in [0.15, 0.2) is 41.5 Å². The van der Waals surface area contributed by atoms with E-state index in [9.17, 15) is 18.0 Å². The summed E-state index contributed by atoms with van der Waals surface area (Å²) in [4.78, 5) is 27.8. The van der Waals surface area contributed by atoms with Crippen LogP contribution in [0.1, 0.15) is 44.8 Å². The standard InChI is InChI=1S/C23H27N3O6S/c1-6-32-20-12-15(10-11-19(20)31-4)18(14-33(5,29)30)26-22(27)17-9-7-8-16(13-24-25(2)3)21(17)23(26)28/h7-13,18H,6,14H2,1-5H3. The molecule has 0 N–H and O–H groups in total. The number of benzene rings is 2. The Labute approximate surface area is 193 Å². The van der Waals surface area contributed by atoms with Gasteiger partial charge in [-0.25, -0.2) is 8.42 Å². The molecule has 1 atom stereocenters. The number of imide groups is 1. The second kappa shape index (κ2) is 9.62. The molecule has 176 valence electrons. The maximum absolute atomic E-state index is 13.5. The summed E-state index contributed by atoms with van der Waals surface area (Å²) in [7, 11) is 1.40. The lowest BCUT2D eigenvalue weighted by Gasteiger charge is -2.27. The van der Waals surface area contributed by atoms with Crippen molar-refractivity contribution in [2.75, 3.05) is 39.8 Å². The fourth-order valence-corrected chi connectivity index (χ4v) is 4.59. The molecule has 3 rings (SSSR count). The summed E-state index contributed by atoms with van der Waals surface area (Å²) in [5, 5.41) is 5.74. The number of carbonyl (C=O) groups is 2. The number of sulfone groups is 1. The lowest BCUT2D eigenvalue weighted by Crippen LogP contribution is -2.37. The fourth-order valence-electron chi connectivity index (χ4n) is 3.67. The minimum atomic E-state index is -3.57. The highest BCUT2D eigenvalue weighted by Crippen LogP contribution is 2.37. The lowest BCUT2D eigenvalue weighted by molar-refractivity contribution is 0.0597. The summed E-state index contributed by atoms with van der Waals surface area (Å²) in [6, 6.07) is 8.73. The van der Waals surface area contributed by atoms with Gasteiger partial charge in [0.25, 0.3) is 11.8 Å². The molecule has 9 nitrogen and oxygen atoms in total. The largest absolute Gasteiger partial charge is 0.493 e. The van der Waals surface area contributed by atoms with Crippen LogP contribution in [0.5, 0.6) is 11.5 Å². The van der Waals surface area contributed by atoms with Crippen LogP contribution in [0.2, 0.25) is 0 Å². The minimum absolute atomic E-state index is 0.199. The Hall–Kier alpha value is -3.40. The van der Waals surface area contributed by atoms with Crippen LogP contribution in [-0.4, -0.2) is 76.2 Å². The highest BCUT2D eigenvalue weighted by molar-refractivity contribution is 7.90. The Morgan fingerprint density at radius 3 is 2.45 bits per heavy atom. The van der Waals surface area contributed by atoms with Gasteiger partial charge in [-0.1, -0.05) is 18.2 Å². The monoisotopic (exact) mass is 473 g/mol. The third-order valence-electron chi connectivity index (χ3n) is 5.05. The summed E-state index contributed by atoms with van der Waals surface area (Å²) in [6.45, 7) is 2.17. The van der Waals surface area contributed by atoms with Gasteiger partial charge in [-0.15, -0.1) is 0 Å². The van der Waals surface area contributed by atoms with Gasteiger partial charge in [0.15, 0.2) is 11.5 Å². The van der Waals surface area contributed by atoms with Crippen LogP contribution < -0.4 is 9.47 Å². The van der Waals surface area contributed by atoms with Crippen molar-refractivity contribution in [2.24, 2.45) is 5.10 Å². The zero-order valence-corrected chi connectivity index (χ0v) is 20.0. The molecule has 1 aliphatic heterocycles. The molecular weight excluding hydrogens is 446 g/mol. The van der Waals surface area contributed by atoms with Gasteiger partial charge < -0.3 is 14.5 Å². The lowest BCUT2D eigenvalue weighted by atomic mass is 10.0. The molecule has 1 heterocycles. The molecule has 0 fully saturated rings. The number of fused-ring (bicyclic) bond motifs is 1. The van der Waals surface area contributed by atoms with Crippen molar-refractivity contribution in [3.63, 3.8) is 0 Å². The van der Waals surface area contributed by atoms with Crippen molar-refractivity contribution in [2.45, 2.75) is 13.0 Å². The normalized spacial score (nSPS) is 14.5. The Morgan fingerprint density at radius 2 is 1.85 bits per heavy atom. The van der Waals surface area contributed by atoms with Crippen LogP contribution >= 0.6 is 0 Å². The number of amides is 2. The van der Waals surface area contributed by atoms with Gasteiger partial charge in [0.05, 0.1) is 42.9 Å². The van der Waals surface area contributed by atoms with Crippen LogP contribution in [0, 0.1) is 0 Å². The number of carbonyl (C=O) groups excluding carboxylic acids is 2. The quantitative estimate of drug-likeness (QED) is 0.313. The summed E-state index contributed by atoms with van der Waals surface area (Å²) in [6.07, 6.45) is 2.57. The Bertz CT molecular complexity index is 1210. The molecule has 2 aromatic rings. The molecule has 10 heteroatoms. The Morgan fingerprint density at radius 1 is 1.12 bits per heavy atom. The van der Waals surface area contributed by atoms with Crippen molar-refractivity contribution < 1.29 is 27.5 Å². The molecule has 0 radical (unpaired) electrons. The van der Waals surface area contributed by atoms with Gasteiger partial charge in [0, 0.05) is 25.9 Å². The summed E-state index contributed by atoms with van der Waals surface area (Å²) >= 11 is 0. The molecule has 33 heavy (non-hydrogen) atoms. The molecule has 0 saturated heterocycles. The zero-order chi connectivity index (χ0) is 24.3. The van der Waals surface area contributed by atoms with Crippen LogP contribution in [0.4, 0.5) is 0 Å². The average molecular weight is 474 g/mol. The molecule has 1 unspecified atom stereocenters. The SMILES string of the molecule is CCOc1cc(C(CS(C)(=O)=O)N2C(=O)c3cccc(C=NN(C)C)c3C2=O)ccc1OC. The second-order valence-electron chi connectivity index (χ2n) is 7.79. The third kappa shape index (κ3) is 5.16. The maximum atomic E-state index is 13.5. The third-order valence-corrected chi connectivity index (χ3v) is 5.97. The minimum Gasteiger partial charge on any atom is -0.493 e. The van der Waals surface area contributed by atoms with E-state index in [0.717, 1.165) is 11.2 Å². The van der Waals surface area contributed by atoms with E-state index >= 15 is 0 Å². The van der Waals surface area contributed by atoms with E-state index < -0.39 is 33.4 Å². The molecule has 0 aliphatic carbocycles. The number of rotatable bonds is 9. The topological polar surface area (TPSA) is 106 Å². The van der Waals surface area contributed by atoms with E-state index in [1.165, 1.54) is 13.3 Å². The number of hydrazone groups is 1. The summed E-state index contributed by atoms with van der Waals surface area (Å²) in [5.41, 5.74) is 1.33. The predicted molar refractivity (Wildman–Crippen MR) is 125 cm³/mol. The van der Waals surface area contributed by atoms with Crippen molar-refractivity contribution in [1.82, 2.24) is 9.91 Å². The molecular formula is C23H27N3O6S. The van der Waals surface area contributed by atoms with Gasteiger partial charge >= 0.3 is 0 Å². The molecule has 2 aromatic carbocycles. The van der Waals surface area contributed by atoms with Crippen molar-refractivity contribution in [1.29, 1.82) is 0 Å². The van der Waals surface area contributed by atoms with Gasteiger partial charge in [0.2, 0.25) is 0 Å². The number of methoxy groups -OCH3 is 1. The second-order valence-corrected chi connectivity index (χ2v) is 9.98. The van der Waals surface area contributed by atoms with E-state index in [-0.39, 0.29) is 11.1 Å². The number of hydrogen-bond donors (Lipinski definition) is 0. The highest BCUT2D eigenvalue weighted by Gasteiger charge is 2.43. The molecule has 0 bridgehead atoms. The maximum Gasteiger partial charge on any atom is 0.262 e. The summed E-state index contributed by atoms with van der Waals surface area (Å²) in [5.74, 6) is -0.706. The Kier molecular flexibility index (Phi) is 7.06. The molecule has 0 aromatic heterocycles. The average Bonchev–Trinajstić information content (AvgIpc) is 3.01. The first-order valence-electron chi connectivity index (χ1n) is 10.3. The van der Waals surface area contributed by atoms with Crippen molar-refractivity contribution in [3.05, 3.63) is 58.7 Å². The van der Waals surface area contributed by atoms with Crippen LogP contribution in [0.3, 0.4) is 0 Å². The van der Waals surface area contributed by atoms with E-state index in [4.69, 9.17) is 9.47 Å². The zero-order valence-electron chi connectivity index (χ0n) is 19.2. The smallest absolute Gasteiger partial charge is 0.262 e. The molecule has 0 spiro atoms. The van der Waals surface area contributed by atoms with Crippen LogP contribution in [0.25, 0.3) is 0 Å². The first-order valence-corrected chi connectivity index (χ1v) is 12.3. The Balaban J connectivity index is 2.13. The van der Waals surface area contributed by atoms with Gasteiger partial charge in [-0.05, 0) is 30.7 Å². The molecule has 0 saturated carbocycles. The van der Waals surface area contributed by atoms with Crippen molar-refractivity contribution in [3.8, 4) is 11.5 Å². The van der Waals surface area contributed by atoms with Crippen LogP contribution in [-0.2, 0) is 9.84 Å². The fraction of sp³-hybridized carbons (Fsp3) is 0.348. The first-order chi connectivity index (χ1) is 15.6. The van der Waals surface area contributed by atoms with Crippen molar-refractivity contribution >= 4 is 27.9 Å². The first kappa shape index (κ1) is 24.2. The summed E-state index contributed by atoms with van der Waals surface area (Å²) < 4.78 is 35.5. The van der Waals surface area contributed by atoms with Gasteiger partial charge in [0.1, 0.15) is 9.84 Å². The van der Waals surface area contributed by atoms with E-state index in [2.05, 4.69) is 5.10 Å². The van der Waals surface area contributed by atoms with E-state index in [1.807, 2.05) is 0 Å². The number of hydrogen-bond acceptors (Lipinski definition) is 8. The van der Waals surface area contributed by atoms with E-state index in [1.54, 1.807) is 62.4 Å². The number of ether oxygens (including phenoxy) is 2. The predicted octanol–water partition coefficient (Wildman–Crippen LogP) is 2.37. The number of nitrogens with zero attached hydrogens (tertiary/aromatic N) is 3. The molecule has 1 aliphatic rings. The van der Waals surface area contributed by atoms with Gasteiger partial charge in [-0.2, -0.15) is 5.10 Å². The molecule has 2 amide bonds. The van der Waals surface area contributed by atoms with Gasteiger partial charge in [-0.3, -0.25) is 14.5 Å². The van der Waals surface area contributed by atoms with E-state index in [0.29, 0.717) is 29.2 Å².